The van der Waals surface area contributed by atoms with E-state index >= 15 is 0 Å². The number of nitrogens with zero attached hydrogens (tertiary/aromatic N) is 3. The molecule has 0 saturated heterocycles. The second-order valence-corrected chi connectivity index (χ2v) is 7.44. The van der Waals surface area contributed by atoms with E-state index in [1.807, 2.05) is 55.9 Å². The minimum Gasteiger partial charge on any atom is -0.334 e. The Kier molecular flexibility index (Phi) is 5.42. The molecular formula is C20H24N4OS. The van der Waals surface area contributed by atoms with Crippen LogP contribution in [0.25, 0.3) is 5.69 Å². The van der Waals surface area contributed by atoms with Gasteiger partial charge in [-0.05, 0) is 49.9 Å². The highest BCUT2D eigenvalue weighted by atomic mass is 32.1. The molecule has 0 atom stereocenters. The smallest absolute Gasteiger partial charge is 0.317 e. The van der Waals surface area contributed by atoms with Crippen molar-refractivity contribution in [1.82, 2.24) is 20.0 Å². The van der Waals surface area contributed by atoms with Crippen molar-refractivity contribution < 1.29 is 4.79 Å². The predicted molar refractivity (Wildman–Crippen MR) is 106 cm³/mol. The largest absolute Gasteiger partial charge is 0.334 e. The Balaban J connectivity index is 1.67. The molecule has 2 amide bonds. The van der Waals surface area contributed by atoms with Gasteiger partial charge in [0.15, 0.2) is 0 Å². The lowest BCUT2D eigenvalue weighted by molar-refractivity contribution is 0.207. The number of aromatic nitrogens is 2. The quantitative estimate of drug-likeness (QED) is 0.734. The first-order chi connectivity index (χ1) is 12.5. The number of carbonyl (C=O) groups is 1. The summed E-state index contributed by atoms with van der Waals surface area (Å²) >= 11 is 1.68. The molecule has 0 fully saturated rings. The topological polar surface area (TPSA) is 50.2 Å². The molecular weight excluding hydrogens is 344 g/mol. The molecule has 0 aliphatic heterocycles. The zero-order chi connectivity index (χ0) is 18.7. The molecule has 3 rings (SSSR count). The van der Waals surface area contributed by atoms with Crippen molar-refractivity contribution in [3.8, 4) is 5.69 Å². The summed E-state index contributed by atoms with van der Waals surface area (Å²) in [4.78, 5) is 15.4. The molecule has 0 radical (unpaired) electrons. The number of para-hydroxylation sites is 1. The Labute approximate surface area is 158 Å². The van der Waals surface area contributed by atoms with Gasteiger partial charge in [0, 0.05) is 29.7 Å². The van der Waals surface area contributed by atoms with Crippen LogP contribution in [0.15, 0.2) is 41.8 Å². The van der Waals surface area contributed by atoms with E-state index in [1.165, 1.54) is 10.4 Å². The number of amides is 2. The number of urea groups is 1. The Morgan fingerprint density at radius 3 is 2.58 bits per heavy atom. The Morgan fingerprint density at radius 1 is 1.19 bits per heavy atom. The summed E-state index contributed by atoms with van der Waals surface area (Å²) in [5, 5.41) is 9.70. The van der Waals surface area contributed by atoms with E-state index in [-0.39, 0.29) is 6.03 Å². The molecule has 0 spiro atoms. The van der Waals surface area contributed by atoms with Gasteiger partial charge in [-0.25, -0.2) is 9.48 Å². The van der Waals surface area contributed by atoms with Crippen LogP contribution in [0.1, 0.15) is 27.4 Å². The van der Waals surface area contributed by atoms with Crippen LogP contribution in [-0.4, -0.2) is 27.8 Å². The average molecular weight is 369 g/mol. The van der Waals surface area contributed by atoms with Crippen molar-refractivity contribution in [3.63, 3.8) is 0 Å². The van der Waals surface area contributed by atoms with E-state index < -0.39 is 0 Å². The van der Waals surface area contributed by atoms with Gasteiger partial charge in [-0.3, -0.25) is 0 Å². The summed E-state index contributed by atoms with van der Waals surface area (Å²) in [5.74, 6) is 0. The fourth-order valence-corrected chi connectivity index (χ4v) is 3.86. The molecule has 5 nitrogen and oxygen atoms in total. The van der Waals surface area contributed by atoms with Gasteiger partial charge in [0.2, 0.25) is 0 Å². The van der Waals surface area contributed by atoms with Crippen LogP contribution in [0.3, 0.4) is 0 Å². The van der Waals surface area contributed by atoms with Crippen molar-refractivity contribution in [3.05, 3.63) is 69.2 Å². The molecule has 6 heteroatoms. The van der Waals surface area contributed by atoms with Gasteiger partial charge in [0.05, 0.1) is 17.9 Å². The number of carbonyl (C=O) groups excluding carboxylic acids is 1. The maximum Gasteiger partial charge on any atom is 0.317 e. The van der Waals surface area contributed by atoms with Gasteiger partial charge in [0.1, 0.15) is 0 Å². The normalized spacial score (nSPS) is 10.8. The van der Waals surface area contributed by atoms with Crippen LogP contribution >= 0.6 is 11.3 Å². The van der Waals surface area contributed by atoms with Crippen molar-refractivity contribution >= 4 is 17.4 Å². The lowest BCUT2D eigenvalue weighted by Gasteiger charge is -2.18. The minimum atomic E-state index is -0.0796. The zero-order valence-corrected chi connectivity index (χ0v) is 16.4. The standard InChI is InChI=1S/C20H24N4OS/c1-14-10-11-26-19(14)13-23(4)20(25)21-12-18-15(2)22-24(16(18)3)17-8-6-5-7-9-17/h5-11H,12-13H2,1-4H3,(H,21,25). The van der Waals surface area contributed by atoms with Crippen LogP contribution in [0, 0.1) is 20.8 Å². The number of hydrogen-bond donors (Lipinski definition) is 1. The highest BCUT2D eigenvalue weighted by Crippen LogP contribution is 2.19. The van der Waals surface area contributed by atoms with Crippen LogP contribution in [-0.2, 0) is 13.1 Å². The van der Waals surface area contributed by atoms with Gasteiger partial charge in [0.25, 0.3) is 0 Å². The van der Waals surface area contributed by atoms with Crippen LogP contribution in [0.5, 0.6) is 0 Å². The number of nitrogens with one attached hydrogen (secondary N) is 1. The summed E-state index contributed by atoms with van der Waals surface area (Å²) in [7, 11) is 1.82. The molecule has 3 aromatic rings. The third-order valence-electron chi connectivity index (χ3n) is 4.55. The first-order valence-corrected chi connectivity index (χ1v) is 9.47. The van der Waals surface area contributed by atoms with Crippen LogP contribution in [0.2, 0.25) is 0 Å². The predicted octanol–water partition coefficient (Wildman–Crippen LogP) is 4.20. The Morgan fingerprint density at radius 2 is 1.92 bits per heavy atom. The second-order valence-electron chi connectivity index (χ2n) is 6.44. The number of benzene rings is 1. The average Bonchev–Trinajstić information content (AvgIpc) is 3.16. The van der Waals surface area contributed by atoms with E-state index in [4.69, 9.17) is 0 Å². The van der Waals surface area contributed by atoms with E-state index in [9.17, 15) is 4.79 Å². The number of hydrogen-bond acceptors (Lipinski definition) is 3. The third kappa shape index (κ3) is 3.80. The van der Waals surface area contributed by atoms with Gasteiger partial charge in [-0.1, -0.05) is 18.2 Å². The fraction of sp³-hybridized carbons (Fsp3) is 0.300. The minimum absolute atomic E-state index is 0.0796. The van der Waals surface area contributed by atoms with Crippen molar-refractivity contribution in [2.24, 2.45) is 0 Å². The molecule has 2 heterocycles. The van der Waals surface area contributed by atoms with E-state index in [2.05, 4.69) is 28.8 Å². The van der Waals surface area contributed by atoms with E-state index in [1.54, 1.807) is 16.2 Å². The van der Waals surface area contributed by atoms with Crippen molar-refractivity contribution in [1.29, 1.82) is 0 Å². The number of rotatable bonds is 5. The van der Waals surface area contributed by atoms with Gasteiger partial charge < -0.3 is 10.2 Å². The molecule has 0 unspecified atom stereocenters. The SMILES string of the molecule is Cc1ccsc1CN(C)C(=O)NCc1c(C)nn(-c2ccccc2)c1C. The maximum atomic E-state index is 12.4. The Bertz CT molecular complexity index is 898. The summed E-state index contributed by atoms with van der Waals surface area (Å²) in [6.07, 6.45) is 0. The van der Waals surface area contributed by atoms with Crippen molar-refractivity contribution in [2.45, 2.75) is 33.9 Å². The molecule has 0 aliphatic carbocycles. The fourth-order valence-electron chi connectivity index (χ4n) is 2.90. The molecule has 1 N–H and O–H groups in total. The van der Waals surface area contributed by atoms with Crippen LogP contribution < -0.4 is 5.32 Å². The summed E-state index contributed by atoms with van der Waals surface area (Å²) < 4.78 is 1.93. The van der Waals surface area contributed by atoms with Gasteiger partial charge >= 0.3 is 6.03 Å². The molecule has 136 valence electrons. The number of thiophene rings is 1. The molecule has 1 aromatic carbocycles. The summed E-state index contributed by atoms with van der Waals surface area (Å²) in [6.45, 7) is 7.18. The second kappa shape index (κ2) is 7.74. The zero-order valence-electron chi connectivity index (χ0n) is 15.6. The lowest BCUT2D eigenvalue weighted by atomic mass is 10.2. The third-order valence-corrected chi connectivity index (χ3v) is 5.56. The molecule has 2 aromatic heterocycles. The summed E-state index contributed by atoms with van der Waals surface area (Å²) in [5.41, 5.74) is 5.29. The molecule has 0 saturated carbocycles. The first-order valence-electron chi connectivity index (χ1n) is 8.60. The first kappa shape index (κ1) is 18.2. The molecule has 0 bridgehead atoms. The van der Waals surface area contributed by atoms with Gasteiger partial charge in [-0.2, -0.15) is 5.10 Å². The lowest BCUT2D eigenvalue weighted by Crippen LogP contribution is -2.36. The highest BCUT2D eigenvalue weighted by Gasteiger charge is 2.15. The highest BCUT2D eigenvalue weighted by molar-refractivity contribution is 7.10. The van der Waals surface area contributed by atoms with Crippen LogP contribution in [0.4, 0.5) is 4.79 Å². The van der Waals surface area contributed by atoms with Gasteiger partial charge in [-0.15, -0.1) is 11.3 Å². The summed E-state index contributed by atoms with van der Waals surface area (Å²) in [6, 6.07) is 12.0. The Hall–Kier alpha value is -2.60. The monoisotopic (exact) mass is 368 g/mol. The molecule has 0 aliphatic rings. The molecule has 26 heavy (non-hydrogen) atoms. The number of aryl methyl sites for hydroxylation is 2. The van der Waals surface area contributed by atoms with E-state index in [0.717, 1.165) is 22.6 Å². The van der Waals surface area contributed by atoms with Crippen molar-refractivity contribution in [2.75, 3.05) is 7.05 Å². The van der Waals surface area contributed by atoms with E-state index in [0.29, 0.717) is 13.1 Å². The maximum absolute atomic E-state index is 12.4.